The molecule has 0 atom stereocenters. The van der Waals surface area contributed by atoms with Crippen molar-refractivity contribution in [3.05, 3.63) is 46.6 Å². The number of hydrogen-bond donors (Lipinski definition) is 2. The highest BCUT2D eigenvalue weighted by atomic mass is 16.1. The summed E-state index contributed by atoms with van der Waals surface area (Å²) in [6.07, 6.45) is 9.55. The number of rotatable bonds is 3. The molecule has 1 saturated carbocycles. The molecule has 2 N–H and O–H groups in total. The van der Waals surface area contributed by atoms with Crippen LogP contribution >= 0.6 is 0 Å². The molecule has 0 spiro atoms. The summed E-state index contributed by atoms with van der Waals surface area (Å²) >= 11 is 0. The Bertz CT molecular complexity index is 1200. The van der Waals surface area contributed by atoms with Gasteiger partial charge in [0, 0.05) is 29.1 Å². The number of aromatic amines is 1. The van der Waals surface area contributed by atoms with Crippen LogP contribution in [0.2, 0.25) is 0 Å². The van der Waals surface area contributed by atoms with Gasteiger partial charge in [0.1, 0.15) is 5.65 Å². The maximum absolute atomic E-state index is 12.7. The number of H-pyrrole nitrogens is 1. The van der Waals surface area contributed by atoms with Crippen molar-refractivity contribution in [2.24, 2.45) is 0 Å². The van der Waals surface area contributed by atoms with Gasteiger partial charge in [-0.25, -0.2) is 9.97 Å². The predicted octanol–water partition coefficient (Wildman–Crippen LogP) is 3.23. The Morgan fingerprint density at radius 1 is 1.15 bits per heavy atom. The average molecular weight is 361 g/mol. The van der Waals surface area contributed by atoms with E-state index in [4.69, 9.17) is 4.98 Å². The van der Waals surface area contributed by atoms with Crippen LogP contribution in [0.15, 0.2) is 35.5 Å². The standard InChI is InChI=1S/C19H19N7O/c1-11-6-16(27)26(14-4-2-3-5-14)18-15(11)10-21-19(24-18)23-13-7-12-8-22-25-17(12)20-9-13/h6-10,14H,2-5H2,1H3,(H,20,22,25)(H,21,23,24). The molecule has 0 bridgehead atoms. The van der Waals surface area contributed by atoms with E-state index in [9.17, 15) is 4.79 Å². The van der Waals surface area contributed by atoms with Crippen molar-refractivity contribution in [2.45, 2.75) is 38.6 Å². The molecule has 0 aliphatic heterocycles. The smallest absolute Gasteiger partial charge is 0.252 e. The highest BCUT2D eigenvalue weighted by molar-refractivity contribution is 5.81. The van der Waals surface area contributed by atoms with E-state index in [1.165, 1.54) is 0 Å². The fourth-order valence-electron chi connectivity index (χ4n) is 3.88. The molecule has 1 aliphatic rings. The first-order valence-corrected chi connectivity index (χ1v) is 9.14. The van der Waals surface area contributed by atoms with Crippen LogP contribution in [-0.2, 0) is 0 Å². The van der Waals surface area contributed by atoms with Gasteiger partial charge in [-0.15, -0.1) is 0 Å². The molecule has 1 fully saturated rings. The molecule has 4 aromatic rings. The zero-order valence-electron chi connectivity index (χ0n) is 14.9. The van der Waals surface area contributed by atoms with Gasteiger partial charge >= 0.3 is 0 Å². The summed E-state index contributed by atoms with van der Waals surface area (Å²) < 4.78 is 1.85. The molecule has 0 saturated heterocycles. The summed E-state index contributed by atoms with van der Waals surface area (Å²) in [6, 6.07) is 3.83. The van der Waals surface area contributed by atoms with E-state index in [1.807, 2.05) is 17.6 Å². The Hall–Kier alpha value is -3.29. The van der Waals surface area contributed by atoms with Crippen molar-refractivity contribution in [3.8, 4) is 0 Å². The zero-order chi connectivity index (χ0) is 18.4. The van der Waals surface area contributed by atoms with E-state index in [2.05, 4.69) is 25.5 Å². The second kappa shape index (κ2) is 6.15. The Labute approximate surface area is 154 Å². The molecule has 1 aliphatic carbocycles. The molecule has 4 heterocycles. The third-order valence-corrected chi connectivity index (χ3v) is 5.24. The molecule has 5 rings (SSSR count). The van der Waals surface area contributed by atoms with Gasteiger partial charge in [-0.05, 0) is 31.4 Å². The second-order valence-electron chi connectivity index (χ2n) is 7.06. The van der Waals surface area contributed by atoms with Gasteiger partial charge in [-0.2, -0.15) is 10.1 Å². The molecular weight excluding hydrogens is 342 g/mol. The Morgan fingerprint density at radius 2 is 2.00 bits per heavy atom. The van der Waals surface area contributed by atoms with Crippen molar-refractivity contribution in [3.63, 3.8) is 0 Å². The van der Waals surface area contributed by atoms with Crippen molar-refractivity contribution in [1.82, 2.24) is 29.7 Å². The summed E-state index contributed by atoms with van der Waals surface area (Å²) in [5, 5.41) is 11.8. The van der Waals surface area contributed by atoms with E-state index in [-0.39, 0.29) is 11.6 Å². The highest BCUT2D eigenvalue weighted by Gasteiger charge is 2.21. The fourth-order valence-corrected chi connectivity index (χ4v) is 3.88. The van der Waals surface area contributed by atoms with Gasteiger partial charge in [0.25, 0.3) is 5.56 Å². The van der Waals surface area contributed by atoms with Gasteiger partial charge in [0.15, 0.2) is 5.65 Å². The molecular formula is C19H19N7O. The number of nitrogens with zero attached hydrogens (tertiary/aromatic N) is 5. The molecule has 0 radical (unpaired) electrons. The lowest BCUT2D eigenvalue weighted by Crippen LogP contribution is -2.24. The Balaban J connectivity index is 1.60. The number of pyridine rings is 2. The molecule has 0 amide bonds. The molecule has 27 heavy (non-hydrogen) atoms. The van der Waals surface area contributed by atoms with E-state index < -0.39 is 0 Å². The third kappa shape index (κ3) is 2.73. The monoisotopic (exact) mass is 361 g/mol. The van der Waals surface area contributed by atoms with Crippen LogP contribution in [-0.4, -0.2) is 29.7 Å². The summed E-state index contributed by atoms with van der Waals surface area (Å²) in [5.74, 6) is 0.448. The topological polar surface area (TPSA) is 101 Å². The van der Waals surface area contributed by atoms with Gasteiger partial charge in [0.05, 0.1) is 18.1 Å². The van der Waals surface area contributed by atoms with Crippen molar-refractivity contribution < 1.29 is 0 Å². The first-order chi connectivity index (χ1) is 13.2. The van der Waals surface area contributed by atoms with Crippen LogP contribution in [0.3, 0.4) is 0 Å². The lowest BCUT2D eigenvalue weighted by molar-refractivity contribution is 0.515. The zero-order valence-corrected chi connectivity index (χ0v) is 14.9. The van der Waals surface area contributed by atoms with Crippen LogP contribution in [0.4, 0.5) is 11.6 Å². The van der Waals surface area contributed by atoms with E-state index >= 15 is 0 Å². The summed E-state index contributed by atoms with van der Waals surface area (Å²) in [7, 11) is 0. The largest absolute Gasteiger partial charge is 0.323 e. The lowest BCUT2D eigenvalue weighted by atomic mass is 10.1. The second-order valence-corrected chi connectivity index (χ2v) is 7.06. The van der Waals surface area contributed by atoms with Crippen LogP contribution in [0.1, 0.15) is 37.3 Å². The Kier molecular flexibility index (Phi) is 3.63. The quantitative estimate of drug-likeness (QED) is 0.581. The van der Waals surface area contributed by atoms with Gasteiger partial charge < -0.3 is 5.32 Å². The maximum Gasteiger partial charge on any atom is 0.252 e. The molecule has 136 valence electrons. The van der Waals surface area contributed by atoms with Crippen LogP contribution in [0, 0.1) is 6.92 Å². The van der Waals surface area contributed by atoms with Gasteiger partial charge in [0.2, 0.25) is 5.95 Å². The fraction of sp³-hybridized carbons (Fsp3) is 0.316. The predicted molar refractivity (Wildman–Crippen MR) is 103 cm³/mol. The minimum atomic E-state index is 0.0121. The third-order valence-electron chi connectivity index (χ3n) is 5.24. The number of nitrogens with one attached hydrogen (secondary N) is 2. The molecule has 8 heteroatoms. The maximum atomic E-state index is 12.7. The summed E-state index contributed by atoms with van der Waals surface area (Å²) in [5.41, 5.74) is 3.11. The van der Waals surface area contributed by atoms with Crippen LogP contribution in [0.25, 0.3) is 22.1 Å². The number of aromatic nitrogens is 6. The first-order valence-electron chi connectivity index (χ1n) is 9.14. The van der Waals surface area contributed by atoms with E-state index in [1.54, 1.807) is 24.7 Å². The molecule has 0 unspecified atom stereocenters. The molecule has 0 aromatic carbocycles. The number of anilines is 2. The van der Waals surface area contributed by atoms with E-state index in [0.29, 0.717) is 11.6 Å². The minimum Gasteiger partial charge on any atom is -0.323 e. The number of fused-ring (bicyclic) bond motifs is 2. The van der Waals surface area contributed by atoms with Crippen molar-refractivity contribution in [1.29, 1.82) is 0 Å². The van der Waals surface area contributed by atoms with Gasteiger partial charge in [-0.1, -0.05) is 12.8 Å². The van der Waals surface area contributed by atoms with Gasteiger partial charge in [-0.3, -0.25) is 14.5 Å². The van der Waals surface area contributed by atoms with Crippen molar-refractivity contribution in [2.75, 3.05) is 5.32 Å². The van der Waals surface area contributed by atoms with Crippen molar-refractivity contribution >= 4 is 33.7 Å². The average Bonchev–Trinajstić information content (AvgIpc) is 3.33. The van der Waals surface area contributed by atoms with E-state index in [0.717, 1.165) is 53.4 Å². The summed E-state index contributed by atoms with van der Waals surface area (Å²) in [4.78, 5) is 26.1. The normalized spacial score (nSPS) is 15.0. The van der Waals surface area contributed by atoms with Crippen LogP contribution < -0.4 is 10.9 Å². The molecule has 8 nitrogen and oxygen atoms in total. The Morgan fingerprint density at radius 3 is 2.85 bits per heavy atom. The summed E-state index contributed by atoms with van der Waals surface area (Å²) in [6.45, 7) is 1.93. The number of hydrogen-bond acceptors (Lipinski definition) is 6. The number of aryl methyl sites for hydroxylation is 1. The minimum absolute atomic E-state index is 0.0121. The SMILES string of the molecule is Cc1cc(=O)n(C2CCCC2)c2nc(Nc3cnc4[nH]ncc4c3)ncc12. The highest BCUT2D eigenvalue weighted by Crippen LogP contribution is 2.31. The lowest BCUT2D eigenvalue weighted by Gasteiger charge is -2.17. The van der Waals surface area contributed by atoms with Crippen LogP contribution in [0.5, 0.6) is 0 Å². The first kappa shape index (κ1) is 15.9. The molecule has 4 aromatic heterocycles.